The Morgan fingerprint density at radius 3 is 2.48 bits per heavy atom. The Bertz CT molecular complexity index is 738. The van der Waals surface area contributed by atoms with E-state index in [1.54, 1.807) is 0 Å². The summed E-state index contributed by atoms with van der Waals surface area (Å²) >= 11 is 0. The van der Waals surface area contributed by atoms with Crippen LogP contribution in [0.1, 0.15) is 72.8 Å². The molecule has 0 aliphatic rings. The van der Waals surface area contributed by atoms with Crippen LogP contribution in [0.2, 0.25) is 18.1 Å². The van der Waals surface area contributed by atoms with Gasteiger partial charge in [0.25, 0.3) is 0 Å². The van der Waals surface area contributed by atoms with Crippen LogP contribution in [0, 0.1) is 0 Å². The predicted molar refractivity (Wildman–Crippen MR) is 115 cm³/mol. The zero-order valence-electron chi connectivity index (χ0n) is 18.1. The third kappa shape index (κ3) is 5.07. The number of anilines is 1. The maximum absolute atomic E-state index is 6.74. The molecule has 0 amide bonds. The number of nitrogen functional groups attached to an aromatic ring is 1. The first kappa shape index (κ1) is 21.8. The molecule has 0 saturated heterocycles. The number of nitrogens with zero attached hydrogens (tertiary/aromatic N) is 4. The second kappa shape index (κ2) is 8.69. The van der Waals surface area contributed by atoms with Gasteiger partial charge < -0.3 is 14.7 Å². The van der Waals surface area contributed by atoms with E-state index in [1.807, 2.05) is 6.33 Å². The number of fused-ring (bicyclic) bond motifs is 1. The first-order chi connectivity index (χ1) is 12.6. The Balaban J connectivity index is 2.31. The summed E-state index contributed by atoms with van der Waals surface area (Å²) in [6.07, 6.45) is 9.41. The molecule has 0 bridgehead atoms. The maximum Gasteiger partial charge on any atom is 0.192 e. The quantitative estimate of drug-likeness (QED) is 0.461. The lowest BCUT2D eigenvalue weighted by Gasteiger charge is -2.40. The molecule has 0 saturated carbocycles. The van der Waals surface area contributed by atoms with Crippen molar-refractivity contribution in [3.05, 3.63) is 12.7 Å². The van der Waals surface area contributed by atoms with Gasteiger partial charge in [0, 0.05) is 0 Å². The first-order valence-electron chi connectivity index (χ1n) is 10.2. The average molecular weight is 392 g/mol. The van der Waals surface area contributed by atoms with E-state index in [-0.39, 0.29) is 17.2 Å². The number of rotatable bonds is 9. The lowest BCUT2D eigenvalue weighted by Crippen LogP contribution is -2.45. The Morgan fingerprint density at radius 1 is 1.15 bits per heavy atom. The van der Waals surface area contributed by atoms with E-state index in [0.717, 1.165) is 12.1 Å². The average Bonchev–Trinajstić information content (AvgIpc) is 2.98. The van der Waals surface area contributed by atoms with Crippen molar-refractivity contribution in [2.24, 2.45) is 0 Å². The molecule has 0 fully saturated rings. The smallest absolute Gasteiger partial charge is 0.192 e. The van der Waals surface area contributed by atoms with Crippen LogP contribution < -0.4 is 5.73 Å². The highest BCUT2D eigenvalue weighted by atomic mass is 28.4. The van der Waals surface area contributed by atoms with Crippen molar-refractivity contribution in [3.63, 3.8) is 0 Å². The van der Waals surface area contributed by atoms with Gasteiger partial charge in [-0.2, -0.15) is 0 Å². The van der Waals surface area contributed by atoms with Crippen molar-refractivity contribution in [3.8, 4) is 0 Å². The highest BCUT2D eigenvalue weighted by Gasteiger charge is 2.40. The molecule has 27 heavy (non-hydrogen) atoms. The van der Waals surface area contributed by atoms with Gasteiger partial charge in [0.2, 0.25) is 0 Å². The minimum Gasteiger partial charge on any atom is -0.412 e. The number of hydrogen-bond donors (Lipinski definition) is 1. The Morgan fingerprint density at radius 2 is 1.85 bits per heavy atom. The van der Waals surface area contributed by atoms with E-state index in [0.29, 0.717) is 11.3 Å². The lowest BCUT2D eigenvalue weighted by atomic mass is 10.0. The third-order valence-electron chi connectivity index (χ3n) is 5.93. The first-order valence-corrected chi connectivity index (χ1v) is 13.1. The Labute approximate surface area is 165 Å². The minimum absolute atomic E-state index is 0.0844. The molecule has 152 valence electrons. The van der Waals surface area contributed by atoms with Gasteiger partial charge >= 0.3 is 0 Å². The van der Waals surface area contributed by atoms with Crippen molar-refractivity contribution in [2.75, 3.05) is 5.73 Å². The van der Waals surface area contributed by atoms with Crippen molar-refractivity contribution in [1.29, 1.82) is 0 Å². The molecule has 0 spiro atoms. The van der Waals surface area contributed by atoms with Gasteiger partial charge in [-0.1, -0.05) is 53.4 Å². The van der Waals surface area contributed by atoms with Crippen LogP contribution in [-0.2, 0) is 4.43 Å². The summed E-state index contributed by atoms with van der Waals surface area (Å²) in [6, 6.07) is 0.190. The van der Waals surface area contributed by atoms with E-state index < -0.39 is 8.32 Å². The van der Waals surface area contributed by atoms with E-state index in [4.69, 9.17) is 10.2 Å². The van der Waals surface area contributed by atoms with Crippen LogP contribution >= 0.6 is 0 Å². The molecule has 2 aromatic heterocycles. The van der Waals surface area contributed by atoms with Crippen LogP contribution in [0.4, 0.5) is 5.82 Å². The number of imidazole rings is 1. The monoisotopic (exact) mass is 391 g/mol. The molecule has 2 aromatic rings. The van der Waals surface area contributed by atoms with Crippen LogP contribution in [-0.4, -0.2) is 33.9 Å². The van der Waals surface area contributed by atoms with E-state index >= 15 is 0 Å². The topological polar surface area (TPSA) is 78.9 Å². The highest BCUT2D eigenvalue weighted by Crippen LogP contribution is 2.39. The van der Waals surface area contributed by atoms with Gasteiger partial charge in [0.15, 0.2) is 19.8 Å². The highest BCUT2D eigenvalue weighted by molar-refractivity contribution is 6.74. The van der Waals surface area contributed by atoms with Crippen molar-refractivity contribution >= 4 is 25.3 Å². The predicted octanol–water partition coefficient (Wildman–Crippen LogP) is 5.33. The van der Waals surface area contributed by atoms with Crippen LogP contribution in [0.3, 0.4) is 0 Å². The van der Waals surface area contributed by atoms with Crippen LogP contribution in [0.25, 0.3) is 11.2 Å². The molecule has 0 radical (unpaired) electrons. The van der Waals surface area contributed by atoms with Gasteiger partial charge in [0.1, 0.15) is 11.8 Å². The van der Waals surface area contributed by atoms with Crippen molar-refractivity contribution in [2.45, 2.75) is 97.0 Å². The Kier molecular flexibility index (Phi) is 7.02. The molecule has 0 aliphatic heterocycles. The molecule has 2 heterocycles. The summed E-state index contributed by atoms with van der Waals surface area (Å²) in [7, 11) is -1.87. The van der Waals surface area contributed by atoms with Crippen molar-refractivity contribution in [1.82, 2.24) is 19.5 Å². The molecule has 2 atom stereocenters. The summed E-state index contributed by atoms with van der Waals surface area (Å²) < 4.78 is 8.89. The largest absolute Gasteiger partial charge is 0.412 e. The minimum atomic E-state index is -1.87. The number of unbranched alkanes of at least 4 members (excludes halogenated alkanes) is 3. The van der Waals surface area contributed by atoms with E-state index in [1.165, 1.54) is 32.0 Å². The molecule has 2 rings (SSSR count). The molecular formula is C20H37N5OSi. The summed E-state index contributed by atoms with van der Waals surface area (Å²) in [4.78, 5) is 13.0. The van der Waals surface area contributed by atoms with Crippen molar-refractivity contribution < 1.29 is 4.43 Å². The zero-order valence-corrected chi connectivity index (χ0v) is 19.1. The fourth-order valence-corrected chi connectivity index (χ4v) is 4.65. The normalized spacial score (nSPS) is 15.2. The fraction of sp³-hybridized carbons (Fsp3) is 0.750. The second-order valence-electron chi connectivity index (χ2n) is 9.08. The fourth-order valence-electron chi connectivity index (χ4n) is 3.21. The molecule has 0 aromatic carbocycles. The molecular weight excluding hydrogens is 354 g/mol. The van der Waals surface area contributed by atoms with Crippen LogP contribution in [0.5, 0.6) is 0 Å². The lowest BCUT2D eigenvalue weighted by molar-refractivity contribution is 0.132. The van der Waals surface area contributed by atoms with Gasteiger partial charge in [-0.3, -0.25) is 0 Å². The van der Waals surface area contributed by atoms with E-state index in [9.17, 15) is 0 Å². The van der Waals surface area contributed by atoms with Crippen LogP contribution in [0.15, 0.2) is 12.7 Å². The number of aromatic nitrogens is 4. The zero-order chi connectivity index (χ0) is 20.2. The maximum atomic E-state index is 6.74. The number of hydrogen-bond acceptors (Lipinski definition) is 5. The van der Waals surface area contributed by atoms with E-state index in [2.05, 4.69) is 67.2 Å². The summed E-state index contributed by atoms with van der Waals surface area (Å²) in [5, 5.41) is 0.178. The molecule has 2 N–H and O–H groups in total. The second-order valence-corrected chi connectivity index (χ2v) is 13.8. The molecule has 6 nitrogen and oxygen atoms in total. The SMILES string of the molecule is CCCCCC[C@H]([C@H](C)O[Si](C)(C)C(C)(C)C)n1cnc2c(N)ncnc21. The van der Waals surface area contributed by atoms with Gasteiger partial charge in [-0.05, 0) is 31.5 Å². The number of nitrogens with two attached hydrogens (primary N) is 1. The standard InChI is InChI=1S/C20H37N5OSi/c1-8-9-10-11-12-16(15(2)26-27(6,7)20(3,4)5)25-14-24-17-18(21)22-13-23-19(17)25/h13-16H,8-12H2,1-7H3,(H2,21,22,23)/t15-,16+/m0/s1. The summed E-state index contributed by atoms with van der Waals surface area (Å²) in [6.45, 7) is 15.9. The summed E-state index contributed by atoms with van der Waals surface area (Å²) in [5.41, 5.74) is 7.47. The van der Waals surface area contributed by atoms with Gasteiger partial charge in [-0.25, -0.2) is 15.0 Å². The van der Waals surface area contributed by atoms with Gasteiger partial charge in [0.05, 0.1) is 18.5 Å². The molecule has 0 unspecified atom stereocenters. The third-order valence-corrected chi connectivity index (χ3v) is 10.5. The summed E-state index contributed by atoms with van der Waals surface area (Å²) in [5.74, 6) is 0.432. The molecule has 0 aliphatic carbocycles. The van der Waals surface area contributed by atoms with Gasteiger partial charge in [-0.15, -0.1) is 0 Å². The molecule has 7 heteroatoms. The Hall–Kier alpha value is -1.47.